The number of nitrogens with zero attached hydrogens (tertiary/aromatic N) is 1. The lowest BCUT2D eigenvalue weighted by Gasteiger charge is -2.07. The number of hydrogen-bond donors (Lipinski definition) is 3. The number of pyridine rings is 1. The Morgan fingerprint density at radius 1 is 1.24 bits per heavy atom. The molecule has 7 heteroatoms. The zero-order valence-electron chi connectivity index (χ0n) is 13.7. The Morgan fingerprint density at radius 3 is 2.84 bits per heavy atom. The number of nitrogens with one attached hydrogen (secondary N) is 3. The minimum atomic E-state index is -0.970. The lowest BCUT2D eigenvalue weighted by atomic mass is 10.2. The molecule has 5 nitrogen and oxygen atoms in total. The van der Waals surface area contributed by atoms with Gasteiger partial charge in [-0.15, -0.1) is 0 Å². The summed E-state index contributed by atoms with van der Waals surface area (Å²) >= 11 is 0. The van der Waals surface area contributed by atoms with Crippen LogP contribution in [0.25, 0.3) is 10.9 Å². The first-order chi connectivity index (χ1) is 12.1. The van der Waals surface area contributed by atoms with Gasteiger partial charge < -0.3 is 15.6 Å². The van der Waals surface area contributed by atoms with Gasteiger partial charge in [0, 0.05) is 24.2 Å². The van der Waals surface area contributed by atoms with E-state index >= 15 is 0 Å². The lowest BCUT2D eigenvalue weighted by molar-refractivity contribution is 0.102. The van der Waals surface area contributed by atoms with E-state index in [0.717, 1.165) is 31.5 Å². The Balaban J connectivity index is 1.78. The van der Waals surface area contributed by atoms with Gasteiger partial charge in [-0.3, -0.25) is 4.79 Å². The van der Waals surface area contributed by atoms with E-state index < -0.39 is 17.5 Å². The van der Waals surface area contributed by atoms with Gasteiger partial charge in [0.05, 0.1) is 11.2 Å². The SMILES string of the molecule is CCCCNc1cccc(C(=O)Nc2c[nH]c3cc(F)c(F)cc23)n1. The van der Waals surface area contributed by atoms with Gasteiger partial charge in [0.1, 0.15) is 11.5 Å². The molecule has 0 aliphatic heterocycles. The largest absolute Gasteiger partial charge is 0.370 e. The molecule has 1 amide bonds. The molecule has 0 aliphatic rings. The van der Waals surface area contributed by atoms with E-state index in [1.165, 1.54) is 6.20 Å². The van der Waals surface area contributed by atoms with Gasteiger partial charge >= 0.3 is 0 Å². The van der Waals surface area contributed by atoms with Crippen LogP contribution in [0.2, 0.25) is 0 Å². The number of anilines is 2. The Hall–Kier alpha value is -2.96. The van der Waals surface area contributed by atoms with Crippen molar-refractivity contribution in [2.75, 3.05) is 17.2 Å². The molecule has 1 aromatic carbocycles. The van der Waals surface area contributed by atoms with Crippen molar-refractivity contribution >= 4 is 28.3 Å². The summed E-state index contributed by atoms with van der Waals surface area (Å²) in [5, 5.41) is 6.22. The fourth-order valence-corrected chi connectivity index (χ4v) is 2.46. The first-order valence-corrected chi connectivity index (χ1v) is 8.07. The van der Waals surface area contributed by atoms with Crippen molar-refractivity contribution in [3.8, 4) is 0 Å². The third-order valence-electron chi connectivity index (χ3n) is 3.79. The first kappa shape index (κ1) is 16.9. The van der Waals surface area contributed by atoms with Gasteiger partial charge in [-0.2, -0.15) is 0 Å². The highest BCUT2D eigenvalue weighted by molar-refractivity contribution is 6.08. The van der Waals surface area contributed by atoms with Crippen LogP contribution >= 0.6 is 0 Å². The van der Waals surface area contributed by atoms with Crippen molar-refractivity contribution in [2.24, 2.45) is 0 Å². The predicted molar refractivity (Wildman–Crippen MR) is 93.8 cm³/mol. The molecule has 0 saturated heterocycles. The van der Waals surface area contributed by atoms with E-state index in [2.05, 4.69) is 27.5 Å². The molecule has 0 saturated carbocycles. The van der Waals surface area contributed by atoms with E-state index in [4.69, 9.17) is 0 Å². The van der Waals surface area contributed by atoms with Crippen molar-refractivity contribution in [1.29, 1.82) is 0 Å². The maximum Gasteiger partial charge on any atom is 0.274 e. The third kappa shape index (κ3) is 3.76. The minimum absolute atomic E-state index is 0.235. The molecule has 2 heterocycles. The monoisotopic (exact) mass is 344 g/mol. The molecule has 0 atom stereocenters. The van der Waals surface area contributed by atoms with Crippen LogP contribution < -0.4 is 10.6 Å². The van der Waals surface area contributed by atoms with Crippen LogP contribution in [0.1, 0.15) is 30.3 Å². The minimum Gasteiger partial charge on any atom is -0.370 e. The van der Waals surface area contributed by atoms with Crippen LogP contribution in [0.15, 0.2) is 36.5 Å². The third-order valence-corrected chi connectivity index (χ3v) is 3.79. The number of H-pyrrole nitrogens is 1. The normalized spacial score (nSPS) is 10.8. The second-order valence-electron chi connectivity index (χ2n) is 5.66. The second kappa shape index (κ2) is 7.29. The van der Waals surface area contributed by atoms with E-state index in [1.807, 2.05) is 0 Å². The molecule has 2 aromatic heterocycles. The fraction of sp³-hybridized carbons (Fsp3) is 0.222. The Bertz CT molecular complexity index is 907. The van der Waals surface area contributed by atoms with Gasteiger partial charge in [0.25, 0.3) is 5.91 Å². The topological polar surface area (TPSA) is 69.8 Å². The van der Waals surface area contributed by atoms with E-state index in [-0.39, 0.29) is 5.69 Å². The Morgan fingerprint density at radius 2 is 2.04 bits per heavy atom. The van der Waals surface area contributed by atoms with Crippen LogP contribution in [-0.2, 0) is 0 Å². The molecule has 3 rings (SSSR count). The Labute approximate surface area is 143 Å². The highest BCUT2D eigenvalue weighted by Crippen LogP contribution is 2.25. The number of benzene rings is 1. The summed E-state index contributed by atoms with van der Waals surface area (Å²) in [5.74, 6) is -1.72. The standard InChI is InChI=1S/C18H18F2N4O/c1-2-3-7-21-17-6-4-5-14(23-17)18(25)24-16-10-22-15-9-13(20)12(19)8-11(15)16/h4-6,8-10,22H,2-3,7H2,1H3,(H,21,23)(H,24,25). The number of unbranched alkanes of at least 4 members (excludes halogenated alkanes) is 1. The smallest absolute Gasteiger partial charge is 0.274 e. The van der Waals surface area contributed by atoms with Crippen molar-refractivity contribution < 1.29 is 13.6 Å². The number of aromatic nitrogens is 2. The average Bonchev–Trinajstić information content (AvgIpc) is 2.97. The molecule has 0 radical (unpaired) electrons. The summed E-state index contributed by atoms with van der Waals surface area (Å²) in [4.78, 5) is 19.5. The molecule has 0 spiro atoms. The molecule has 0 bridgehead atoms. The summed E-state index contributed by atoms with van der Waals surface area (Å²) in [6.45, 7) is 2.87. The van der Waals surface area contributed by atoms with Gasteiger partial charge in [-0.1, -0.05) is 19.4 Å². The molecular weight excluding hydrogens is 326 g/mol. The fourth-order valence-electron chi connectivity index (χ4n) is 2.46. The van der Waals surface area contributed by atoms with Crippen LogP contribution in [0.3, 0.4) is 0 Å². The van der Waals surface area contributed by atoms with Crippen LogP contribution in [0, 0.1) is 11.6 Å². The number of aromatic amines is 1. The first-order valence-electron chi connectivity index (χ1n) is 8.07. The molecule has 3 aromatic rings. The van der Waals surface area contributed by atoms with E-state index in [1.54, 1.807) is 18.2 Å². The number of amides is 1. The highest BCUT2D eigenvalue weighted by atomic mass is 19.2. The molecule has 3 N–H and O–H groups in total. The molecule has 0 aliphatic carbocycles. The van der Waals surface area contributed by atoms with Crippen molar-refractivity contribution in [2.45, 2.75) is 19.8 Å². The molecule has 0 fully saturated rings. The quantitative estimate of drug-likeness (QED) is 0.584. The van der Waals surface area contributed by atoms with E-state index in [0.29, 0.717) is 22.4 Å². The number of hydrogen-bond acceptors (Lipinski definition) is 3. The molecule has 0 unspecified atom stereocenters. The summed E-state index contributed by atoms with van der Waals surface area (Å²) in [5.41, 5.74) is 1.00. The van der Waals surface area contributed by atoms with E-state index in [9.17, 15) is 13.6 Å². The van der Waals surface area contributed by atoms with Crippen molar-refractivity contribution in [1.82, 2.24) is 9.97 Å². The average molecular weight is 344 g/mol. The zero-order chi connectivity index (χ0) is 17.8. The van der Waals surface area contributed by atoms with Gasteiger partial charge in [0.15, 0.2) is 11.6 Å². The second-order valence-corrected chi connectivity index (χ2v) is 5.66. The van der Waals surface area contributed by atoms with Crippen molar-refractivity contribution in [3.63, 3.8) is 0 Å². The van der Waals surface area contributed by atoms with Gasteiger partial charge in [-0.25, -0.2) is 13.8 Å². The van der Waals surface area contributed by atoms with Crippen molar-refractivity contribution in [3.05, 3.63) is 53.9 Å². The summed E-state index contributed by atoms with van der Waals surface area (Å²) in [7, 11) is 0. The van der Waals surface area contributed by atoms with Crippen LogP contribution in [0.4, 0.5) is 20.3 Å². The van der Waals surface area contributed by atoms with Crippen LogP contribution in [0.5, 0.6) is 0 Å². The number of halogens is 2. The van der Waals surface area contributed by atoms with Gasteiger partial charge in [0.2, 0.25) is 0 Å². The maximum absolute atomic E-state index is 13.4. The number of fused-ring (bicyclic) bond motifs is 1. The molecular formula is C18H18F2N4O. The lowest BCUT2D eigenvalue weighted by Crippen LogP contribution is -2.14. The predicted octanol–water partition coefficient (Wildman–Crippen LogP) is 4.31. The summed E-state index contributed by atoms with van der Waals surface area (Å²) < 4.78 is 26.7. The summed E-state index contributed by atoms with van der Waals surface area (Å²) in [6, 6.07) is 7.22. The molecule has 25 heavy (non-hydrogen) atoms. The summed E-state index contributed by atoms with van der Waals surface area (Å²) in [6.07, 6.45) is 3.56. The number of carbonyl (C=O) groups is 1. The number of rotatable bonds is 6. The van der Waals surface area contributed by atoms with Crippen LogP contribution in [-0.4, -0.2) is 22.4 Å². The zero-order valence-corrected chi connectivity index (χ0v) is 13.7. The number of carbonyl (C=O) groups excluding carboxylic acids is 1. The maximum atomic E-state index is 13.4. The molecule has 130 valence electrons. The Kier molecular flexibility index (Phi) is 4.92. The highest BCUT2D eigenvalue weighted by Gasteiger charge is 2.13. The van der Waals surface area contributed by atoms with Gasteiger partial charge in [-0.05, 0) is 24.6 Å².